The first-order valence-corrected chi connectivity index (χ1v) is 4.48. The number of amides is 1. The van der Waals surface area contributed by atoms with E-state index in [0.717, 1.165) is 0 Å². The summed E-state index contributed by atoms with van der Waals surface area (Å²) in [5.41, 5.74) is 0. The van der Waals surface area contributed by atoms with Gasteiger partial charge in [0.2, 0.25) is 11.7 Å². The summed E-state index contributed by atoms with van der Waals surface area (Å²) in [6, 6.07) is -0.843. The number of carbonyl (C=O) groups is 3. The number of nitrogens with zero attached hydrogens (tertiary/aromatic N) is 1. The van der Waals surface area contributed by atoms with Crippen molar-refractivity contribution in [3.8, 4) is 0 Å². The average molecular weight is 207 g/mol. The van der Waals surface area contributed by atoms with Crippen molar-refractivity contribution in [2.24, 2.45) is 0 Å². The van der Waals surface area contributed by atoms with Gasteiger partial charge in [0, 0.05) is 19.2 Å². The Morgan fingerprint density at radius 2 is 2.07 bits per heavy atom. The molecule has 0 aromatic carbocycles. The molecule has 0 aliphatic carbocycles. The number of hydrogen-bond acceptors (Lipinski definition) is 4. The van der Waals surface area contributed by atoms with Gasteiger partial charge in [-0.1, -0.05) is 0 Å². The monoisotopic (exact) mass is 207 g/mol. The maximum Gasteiger partial charge on any atom is 0.224 e. The molecule has 0 spiro atoms. The zero-order valence-corrected chi connectivity index (χ0v) is 8.04. The maximum atomic E-state index is 11.5. The number of ketones is 2. The third kappa shape index (κ3) is 1.45. The van der Waals surface area contributed by atoms with Crippen LogP contribution < -0.4 is 0 Å². The highest BCUT2D eigenvalue weighted by Gasteiger charge is 2.42. The van der Waals surface area contributed by atoms with E-state index in [4.69, 9.17) is 4.74 Å². The molecular formula is C10H9NO4. The molecule has 1 amide bonds. The van der Waals surface area contributed by atoms with Crippen molar-refractivity contribution in [1.82, 2.24) is 4.90 Å². The van der Waals surface area contributed by atoms with E-state index >= 15 is 0 Å². The van der Waals surface area contributed by atoms with Crippen molar-refractivity contribution in [2.45, 2.75) is 19.1 Å². The Hall–Kier alpha value is -1.91. The predicted molar refractivity (Wildman–Crippen MR) is 49.5 cm³/mol. The third-order valence-electron chi connectivity index (χ3n) is 2.38. The van der Waals surface area contributed by atoms with E-state index in [1.165, 1.54) is 36.4 Å². The number of carbonyl (C=O) groups excluding carboxylic acids is 3. The summed E-state index contributed by atoms with van der Waals surface area (Å²) >= 11 is 0. The molecule has 78 valence electrons. The number of ether oxygens (including phenoxy) is 1. The summed E-state index contributed by atoms with van der Waals surface area (Å²) in [6.07, 6.45) is 4.27. The van der Waals surface area contributed by atoms with Crippen LogP contribution >= 0.6 is 0 Å². The standard InChI is InChI=1S/C10H9NO4/c1-6(12)11-4-2-7(13)9(11)10-8(14)3-5-15-10/h2-5,9-10H,1H3. The topological polar surface area (TPSA) is 63.7 Å². The largest absolute Gasteiger partial charge is 0.487 e. The Kier molecular flexibility index (Phi) is 2.15. The Labute approximate surface area is 86.0 Å². The quantitative estimate of drug-likeness (QED) is 0.596. The predicted octanol–water partition coefficient (Wildman–Crippen LogP) is -0.219. The van der Waals surface area contributed by atoms with Crippen molar-refractivity contribution < 1.29 is 19.1 Å². The van der Waals surface area contributed by atoms with Crippen LogP contribution in [0.4, 0.5) is 0 Å². The van der Waals surface area contributed by atoms with Gasteiger partial charge >= 0.3 is 0 Å². The van der Waals surface area contributed by atoms with E-state index in [1.807, 2.05) is 0 Å². The Morgan fingerprint density at radius 1 is 1.33 bits per heavy atom. The summed E-state index contributed by atoms with van der Waals surface area (Å²) in [5, 5.41) is 0. The van der Waals surface area contributed by atoms with Gasteiger partial charge in [0.15, 0.2) is 11.9 Å². The van der Waals surface area contributed by atoms with Crippen molar-refractivity contribution >= 4 is 17.5 Å². The van der Waals surface area contributed by atoms with E-state index in [1.54, 1.807) is 0 Å². The first kappa shape index (κ1) is 9.64. The fourth-order valence-corrected chi connectivity index (χ4v) is 1.66. The highest BCUT2D eigenvalue weighted by atomic mass is 16.5. The summed E-state index contributed by atoms with van der Waals surface area (Å²) in [5.74, 6) is -0.860. The zero-order valence-electron chi connectivity index (χ0n) is 8.04. The second-order valence-electron chi connectivity index (χ2n) is 3.35. The molecule has 0 radical (unpaired) electrons. The molecule has 2 aliphatic rings. The summed E-state index contributed by atoms with van der Waals surface area (Å²) in [4.78, 5) is 35.2. The van der Waals surface area contributed by atoms with Crippen molar-refractivity contribution in [2.75, 3.05) is 0 Å². The Balaban J connectivity index is 2.24. The van der Waals surface area contributed by atoms with Crippen molar-refractivity contribution in [3.05, 3.63) is 24.6 Å². The molecular weight excluding hydrogens is 198 g/mol. The SMILES string of the molecule is CC(=O)N1C=CC(=O)C1C1OC=CC1=O. The molecule has 0 saturated heterocycles. The Morgan fingerprint density at radius 3 is 2.60 bits per heavy atom. The van der Waals surface area contributed by atoms with Crippen molar-refractivity contribution in [1.29, 1.82) is 0 Å². The molecule has 2 atom stereocenters. The lowest BCUT2D eigenvalue weighted by molar-refractivity contribution is -0.138. The van der Waals surface area contributed by atoms with Crippen LogP contribution in [-0.4, -0.2) is 34.5 Å². The van der Waals surface area contributed by atoms with Gasteiger partial charge in [-0.3, -0.25) is 14.4 Å². The molecule has 5 nitrogen and oxygen atoms in total. The van der Waals surface area contributed by atoms with E-state index in [2.05, 4.69) is 0 Å². The van der Waals surface area contributed by atoms with Gasteiger partial charge in [-0.25, -0.2) is 0 Å². The molecule has 0 aromatic heterocycles. The first-order chi connectivity index (χ1) is 7.11. The van der Waals surface area contributed by atoms with Crippen LogP contribution in [0.1, 0.15) is 6.92 Å². The summed E-state index contributed by atoms with van der Waals surface area (Å²) < 4.78 is 5.02. The molecule has 15 heavy (non-hydrogen) atoms. The van der Waals surface area contributed by atoms with Gasteiger partial charge in [0.1, 0.15) is 6.04 Å². The van der Waals surface area contributed by atoms with Gasteiger partial charge in [-0.2, -0.15) is 0 Å². The fourth-order valence-electron chi connectivity index (χ4n) is 1.66. The molecule has 0 fully saturated rings. The van der Waals surface area contributed by atoms with E-state index in [9.17, 15) is 14.4 Å². The normalized spacial score (nSPS) is 28.7. The molecule has 0 bridgehead atoms. The second kappa shape index (κ2) is 3.34. The molecule has 0 aromatic rings. The van der Waals surface area contributed by atoms with Crippen LogP contribution in [0.15, 0.2) is 24.6 Å². The van der Waals surface area contributed by atoms with Gasteiger partial charge in [0.25, 0.3) is 0 Å². The molecule has 5 heteroatoms. The molecule has 2 heterocycles. The average Bonchev–Trinajstić information content (AvgIpc) is 2.71. The third-order valence-corrected chi connectivity index (χ3v) is 2.38. The van der Waals surface area contributed by atoms with Crippen molar-refractivity contribution in [3.63, 3.8) is 0 Å². The smallest absolute Gasteiger partial charge is 0.224 e. The molecule has 0 N–H and O–H groups in total. The van der Waals surface area contributed by atoms with Crippen LogP contribution in [-0.2, 0) is 19.1 Å². The van der Waals surface area contributed by atoms with Crippen LogP contribution in [0.2, 0.25) is 0 Å². The first-order valence-electron chi connectivity index (χ1n) is 4.48. The van der Waals surface area contributed by atoms with Crippen LogP contribution in [0.5, 0.6) is 0 Å². The second-order valence-corrected chi connectivity index (χ2v) is 3.35. The van der Waals surface area contributed by atoms with Gasteiger partial charge in [0.05, 0.1) is 6.26 Å². The van der Waals surface area contributed by atoms with Gasteiger partial charge in [-0.15, -0.1) is 0 Å². The molecule has 2 rings (SSSR count). The number of hydrogen-bond donors (Lipinski definition) is 0. The lowest BCUT2D eigenvalue weighted by Crippen LogP contribution is -2.47. The summed E-state index contributed by atoms with van der Waals surface area (Å²) in [7, 11) is 0. The lowest BCUT2D eigenvalue weighted by atomic mass is 10.0. The lowest BCUT2D eigenvalue weighted by Gasteiger charge is -2.24. The number of rotatable bonds is 1. The minimum absolute atomic E-state index is 0.285. The summed E-state index contributed by atoms with van der Waals surface area (Å²) in [6.45, 7) is 1.34. The minimum Gasteiger partial charge on any atom is -0.487 e. The van der Waals surface area contributed by atoms with Gasteiger partial charge in [-0.05, 0) is 6.08 Å². The van der Waals surface area contributed by atoms with Crippen LogP contribution in [0, 0.1) is 0 Å². The highest BCUT2D eigenvalue weighted by molar-refractivity contribution is 6.07. The molecule has 2 unspecified atom stereocenters. The highest BCUT2D eigenvalue weighted by Crippen LogP contribution is 2.21. The molecule has 0 saturated carbocycles. The molecule has 2 aliphatic heterocycles. The Bertz CT molecular complexity index is 396. The van der Waals surface area contributed by atoms with E-state index in [0.29, 0.717) is 0 Å². The fraction of sp³-hybridized carbons (Fsp3) is 0.300. The van der Waals surface area contributed by atoms with Gasteiger partial charge < -0.3 is 9.64 Å². The van der Waals surface area contributed by atoms with Crippen LogP contribution in [0.3, 0.4) is 0 Å². The maximum absolute atomic E-state index is 11.5. The minimum atomic E-state index is -0.892. The van der Waals surface area contributed by atoms with Crippen LogP contribution in [0.25, 0.3) is 0 Å². The van der Waals surface area contributed by atoms with E-state index in [-0.39, 0.29) is 17.5 Å². The zero-order chi connectivity index (χ0) is 11.0. The van der Waals surface area contributed by atoms with E-state index < -0.39 is 12.1 Å².